The molecule has 1 aromatic carbocycles. The van der Waals surface area contributed by atoms with E-state index in [9.17, 15) is 20.2 Å². The van der Waals surface area contributed by atoms with Crippen molar-refractivity contribution in [2.75, 3.05) is 0 Å². The van der Waals surface area contributed by atoms with Gasteiger partial charge in [0, 0.05) is 31.7 Å². The molecule has 10 nitrogen and oxygen atoms in total. The lowest BCUT2D eigenvalue weighted by atomic mass is 10.3. The first-order valence-electron chi connectivity index (χ1n) is 7.03. The van der Waals surface area contributed by atoms with Gasteiger partial charge in [-0.1, -0.05) is 0 Å². The van der Waals surface area contributed by atoms with E-state index in [-0.39, 0.29) is 16.3 Å². The maximum Gasteiger partial charge on any atom is 0.290 e. The average molecular weight is 390 g/mol. The molecule has 3 rings (SSSR count). The van der Waals surface area contributed by atoms with Gasteiger partial charge in [0.15, 0.2) is 10.3 Å². The predicted molar refractivity (Wildman–Crippen MR) is 93.2 cm³/mol. The molecule has 0 saturated carbocycles. The third kappa shape index (κ3) is 3.97. The molecule has 0 amide bonds. The molecule has 26 heavy (non-hydrogen) atoms. The maximum absolute atomic E-state index is 11.2. The van der Waals surface area contributed by atoms with Crippen molar-refractivity contribution >= 4 is 34.9 Å². The number of non-ortho nitro benzene ring substituents is 1. The lowest BCUT2D eigenvalue weighted by molar-refractivity contribution is -0.396. The Hall–Kier alpha value is -2.99. The first-order chi connectivity index (χ1) is 12.4. The third-order valence-corrected chi connectivity index (χ3v) is 5.09. The molecule has 2 heterocycles. The van der Waals surface area contributed by atoms with Crippen molar-refractivity contribution in [3.05, 3.63) is 63.1 Å². The van der Waals surface area contributed by atoms with Crippen molar-refractivity contribution in [1.82, 2.24) is 19.5 Å². The van der Waals surface area contributed by atoms with Gasteiger partial charge >= 0.3 is 0 Å². The second-order valence-corrected chi connectivity index (χ2v) is 6.87. The van der Waals surface area contributed by atoms with Crippen LogP contribution < -0.4 is 0 Å². The highest BCUT2D eigenvalue weighted by atomic mass is 32.2. The van der Waals surface area contributed by atoms with Gasteiger partial charge in [0.25, 0.3) is 11.4 Å². The SMILES string of the molecule is Cn1ccnc1Sc1ccnc(Sc2ccc([N+](=O)[O-])cc2[N+](=O)[O-])n1. The van der Waals surface area contributed by atoms with Crippen LogP contribution in [-0.4, -0.2) is 29.4 Å². The average Bonchev–Trinajstić information content (AvgIpc) is 3.00. The molecule has 0 atom stereocenters. The van der Waals surface area contributed by atoms with Crippen LogP contribution in [0.1, 0.15) is 0 Å². The summed E-state index contributed by atoms with van der Waals surface area (Å²) in [5.74, 6) is 0. The normalized spacial score (nSPS) is 10.7. The number of nitrogens with zero attached hydrogens (tertiary/aromatic N) is 6. The number of benzene rings is 1. The monoisotopic (exact) mass is 390 g/mol. The Bertz CT molecular complexity index is 993. The molecule has 132 valence electrons. The molecule has 3 aromatic rings. The fraction of sp³-hybridized carbons (Fsp3) is 0.0714. The quantitative estimate of drug-likeness (QED) is 0.269. The van der Waals surface area contributed by atoms with E-state index < -0.39 is 9.85 Å². The van der Waals surface area contributed by atoms with Gasteiger partial charge in [-0.25, -0.2) is 15.0 Å². The van der Waals surface area contributed by atoms with Gasteiger partial charge in [-0.05, 0) is 35.7 Å². The number of nitro benzene ring substituents is 2. The van der Waals surface area contributed by atoms with Crippen molar-refractivity contribution in [3.63, 3.8) is 0 Å². The second-order valence-electron chi connectivity index (χ2n) is 4.87. The van der Waals surface area contributed by atoms with Crippen molar-refractivity contribution < 1.29 is 9.85 Å². The highest BCUT2D eigenvalue weighted by molar-refractivity contribution is 7.99. The smallest absolute Gasteiger partial charge is 0.290 e. The number of imidazole rings is 1. The van der Waals surface area contributed by atoms with Gasteiger partial charge in [0.1, 0.15) is 5.03 Å². The Kier molecular flexibility index (Phi) is 5.14. The number of hydrogen-bond acceptors (Lipinski definition) is 9. The highest BCUT2D eigenvalue weighted by Crippen LogP contribution is 2.36. The summed E-state index contributed by atoms with van der Waals surface area (Å²) in [6.07, 6.45) is 5.01. The zero-order valence-corrected chi connectivity index (χ0v) is 14.8. The lowest BCUT2D eigenvalue weighted by Gasteiger charge is -2.04. The zero-order chi connectivity index (χ0) is 18.7. The van der Waals surface area contributed by atoms with E-state index in [0.29, 0.717) is 10.2 Å². The molecule has 0 bridgehead atoms. The molecule has 12 heteroatoms. The van der Waals surface area contributed by atoms with Gasteiger partial charge in [0.2, 0.25) is 0 Å². The summed E-state index contributed by atoms with van der Waals surface area (Å²) in [5.41, 5.74) is -0.712. The number of nitro groups is 2. The van der Waals surface area contributed by atoms with Crippen LogP contribution in [0.15, 0.2) is 63.1 Å². The van der Waals surface area contributed by atoms with Gasteiger partial charge in [-0.15, -0.1) is 0 Å². The van der Waals surface area contributed by atoms with Crippen LogP contribution in [0.3, 0.4) is 0 Å². The van der Waals surface area contributed by atoms with Crippen LogP contribution in [0.25, 0.3) is 0 Å². The molecule has 0 N–H and O–H groups in total. The van der Waals surface area contributed by atoms with E-state index in [0.717, 1.165) is 23.0 Å². The Labute approximate surface area is 155 Å². The fourth-order valence-corrected chi connectivity index (χ4v) is 3.57. The molecule has 0 fully saturated rings. The Morgan fingerprint density at radius 2 is 1.85 bits per heavy atom. The third-order valence-electron chi connectivity index (χ3n) is 3.13. The van der Waals surface area contributed by atoms with Crippen LogP contribution in [-0.2, 0) is 7.05 Å². The van der Waals surface area contributed by atoms with Gasteiger partial charge in [0.05, 0.1) is 20.8 Å². The molecule has 0 aliphatic heterocycles. The number of aryl methyl sites for hydroxylation is 1. The highest BCUT2D eigenvalue weighted by Gasteiger charge is 2.21. The van der Waals surface area contributed by atoms with Crippen LogP contribution in [0.5, 0.6) is 0 Å². The minimum absolute atomic E-state index is 0.222. The molecule has 0 aliphatic carbocycles. The molecular formula is C14H10N6O4S2. The van der Waals surface area contributed by atoms with Gasteiger partial charge < -0.3 is 4.57 Å². The van der Waals surface area contributed by atoms with E-state index in [1.54, 1.807) is 18.5 Å². The van der Waals surface area contributed by atoms with Crippen LogP contribution in [0.4, 0.5) is 11.4 Å². The van der Waals surface area contributed by atoms with Crippen molar-refractivity contribution in [2.24, 2.45) is 7.05 Å². The molecule has 0 spiro atoms. The minimum atomic E-state index is -0.679. The Morgan fingerprint density at radius 1 is 1.04 bits per heavy atom. The van der Waals surface area contributed by atoms with Crippen molar-refractivity contribution in [3.8, 4) is 0 Å². The molecular weight excluding hydrogens is 380 g/mol. The van der Waals surface area contributed by atoms with Crippen molar-refractivity contribution in [2.45, 2.75) is 20.2 Å². The second kappa shape index (κ2) is 7.49. The first kappa shape index (κ1) is 17.8. The molecule has 0 aliphatic rings. The largest absolute Gasteiger partial charge is 0.329 e. The van der Waals surface area contributed by atoms with Crippen LogP contribution in [0, 0.1) is 20.2 Å². The Balaban J connectivity index is 1.87. The fourth-order valence-electron chi connectivity index (χ4n) is 1.92. The number of hydrogen-bond donors (Lipinski definition) is 0. The summed E-state index contributed by atoms with van der Waals surface area (Å²) in [5, 5.41) is 23.7. The predicted octanol–water partition coefficient (Wildman–Crippen LogP) is 3.33. The van der Waals surface area contributed by atoms with Gasteiger partial charge in [-0.2, -0.15) is 0 Å². The maximum atomic E-state index is 11.2. The van der Waals surface area contributed by atoms with Crippen molar-refractivity contribution in [1.29, 1.82) is 0 Å². The van der Waals surface area contributed by atoms with Crippen LogP contribution >= 0.6 is 23.5 Å². The molecule has 0 unspecified atom stereocenters. The minimum Gasteiger partial charge on any atom is -0.329 e. The number of rotatable bonds is 6. The summed E-state index contributed by atoms with van der Waals surface area (Å²) in [7, 11) is 1.85. The summed E-state index contributed by atoms with van der Waals surface area (Å²) in [6, 6.07) is 5.16. The van der Waals surface area contributed by atoms with E-state index >= 15 is 0 Å². The molecule has 0 saturated heterocycles. The molecule has 0 radical (unpaired) electrons. The van der Waals surface area contributed by atoms with E-state index in [2.05, 4.69) is 15.0 Å². The standard InChI is InChI=1S/C14H10N6O4S2/c1-18-7-6-16-14(18)26-12-4-5-15-13(17-12)25-11-3-2-9(19(21)22)8-10(11)20(23)24/h2-8H,1H3. The van der Waals surface area contributed by atoms with E-state index in [4.69, 9.17) is 0 Å². The topological polar surface area (TPSA) is 130 Å². The first-order valence-corrected chi connectivity index (χ1v) is 8.66. The summed E-state index contributed by atoms with van der Waals surface area (Å²) >= 11 is 2.29. The van der Waals surface area contributed by atoms with Gasteiger partial charge in [-0.3, -0.25) is 20.2 Å². The van der Waals surface area contributed by atoms with Crippen LogP contribution in [0.2, 0.25) is 0 Å². The summed E-state index contributed by atoms with van der Waals surface area (Å²) in [6.45, 7) is 0. The van der Waals surface area contributed by atoms with E-state index in [1.807, 2.05) is 11.6 Å². The van der Waals surface area contributed by atoms with E-state index in [1.165, 1.54) is 30.1 Å². The number of aromatic nitrogens is 4. The summed E-state index contributed by atoms with van der Waals surface area (Å²) in [4.78, 5) is 33.5. The Morgan fingerprint density at radius 3 is 2.50 bits per heavy atom. The molecule has 2 aromatic heterocycles. The lowest BCUT2D eigenvalue weighted by Crippen LogP contribution is -1.96. The summed E-state index contributed by atoms with van der Waals surface area (Å²) < 4.78 is 1.83. The zero-order valence-electron chi connectivity index (χ0n) is 13.2.